The lowest BCUT2D eigenvalue weighted by Crippen LogP contribution is -1.96. The third kappa shape index (κ3) is 1.95. The first-order valence-corrected chi connectivity index (χ1v) is 3.86. The van der Waals surface area contributed by atoms with Crippen LogP contribution in [-0.4, -0.2) is 6.67 Å². The quantitative estimate of drug-likeness (QED) is 0.669. The van der Waals surface area contributed by atoms with Crippen molar-refractivity contribution >= 4 is 11.6 Å². The molecule has 0 atom stereocenters. The van der Waals surface area contributed by atoms with Gasteiger partial charge in [0, 0.05) is 5.92 Å². The maximum absolute atomic E-state index is 12.8. The van der Waals surface area contributed by atoms with E-state index in [0.717, 1.165) is 0 Å². The molecule has 65 valence electrons. The van der Waals surface area contributed by atoms with Gasteiger partial charge in [-0.3, -0.25) is 4.39 Å². The van der Waals surface area contributed by atoms with Gasteiger partial charge in [0.25, 0.3) is 0 Å². The number of benzene rings is 1. The minimum absolute atomic E-state index is 0.0606. The second kappa shape index (κ2) is 3.85. The second-order valence-corrected chi connectivity index (χ2v) is 2.95. The molecule has 0 saturated carbocycles. The minimum atomic E-state index is -0.568. The average molecular weight is 190 g/mol. The van der Waals surface area contributed by atoms with E-state index in [1.807, 2.05) is 0 Å². The van der Waals surface area contributed by atoms with Crippen LogP contribution in [-0.2, 0) is 0 Å². The van der Waals surface area contributed by atoms with Crippen molar-refractivity contribution in [1.29, 1.82) is 0 Å². The zero-order valence-electron chi connectivity index (χ0n) is 6.57. The molecule has 0 aromatic heterocycles. The summed E-state index contributed by atoms with van der Waals surface area (Å²) in [6, 6.07) is 4.25. The summed E-state index contributed by atoms with van der Waals surface area (Å²) in [5.41, 5.74) is 0.555. The summed E-state index contributed by atoms with van der Waals surface area (Å²) in [5.74, 6) is -0.00691. The number of alkyl halides is 1. The molecule has 0 aliphatic heterocycles. The molecule has 0 amide bonds. The van der Waals surface area contributed by atoms with Gasteiger partial charge in [0.1, 0.15) is 5.82 Å². The van der Waals surface area contributed by atoms with Crippen LogP contribution in [0.1, 0.15) is 12.5 Å². The van der Waals surface area contributed by atoms with Crippen LogP contribution in [0.2, 0.25) is 5.02 Å². The number of rotatable bonds is 2. The summed E-state index contributed by atoms with van der Waals surface area (Å²) >= 11 is 5.45. The van der Waals surface area contributed by atoms with Crippen molar-refractivity contribution in [3.8, 4) is 0 Å². The van der Waals surface area contributed by atoms with Crippen LogP contribution in [0.15, 0.2) is 18.2 Å². The van der Waals surface area contributed by atoms with Crippen LogP contribution in [0.3, 0.4) is 0 Å². The van der Waals surface area contributed by atoms with Gasteiger partial charge in [0.2, 0.25) is 0 Å². The first-order chi connectivity index (χ1) is 5.65. The fourth-order valence-corrected chi connectivity index (χ4v) is 0.956. The lowest BCUT2D eigenvalue weighted by Gasteiger charge is -2.06. The summed E-state index contributed by atoms with van der Waals surface area (Å²) in [4.78, 5) is 0. The Balaban J connectivity index is 2.96. The molecule has 0 fully saturated rings. The third-order valence-electron chi connectivity index (χ3n) is 1.61. The molecular formula is C9H8ClF2. The number of hydrogen-bond acceptors (Lipinski definition) is 0. The van der Waals surface area contributed by atoms with Gasteiger partial charge >= 0.3 is 0 Å². The van der Waals surface area contributed by atoms with Crippen molar-refractivity contribution < 1.29 is 8.78 Å². The summed E-state index contributed by atoms with van der Waals surface area (Å²) in [6.07, 6.45) is 0. The maximum atomic E-state index is 12.8. The lowest BCUT2D eigenvalue weighted by molar-refractivity contribution is 0.515. The predicted molar refractivity (Wildman–Crippen MR) is 45.4 cm³/mol. The Kier molecular flexibility index (Phi) is 3.04. The van der Waals surface area contributed by atoms with Crippen molar-refractivity contribution in [2.45, 2.75) is 6.92 Å². The van der Waals surface area contributed by atoms with Crippen molar-refractivity contribution in [3.05, 3.63) is 40.5 Å². The summed E-state index contributed by atoms with van der Waals surface area (Å²) in [5, 5.41) is 0.0606. The van der Waals surface area contributed by atoms with Gasteiger partial charge in [-0.15, -0.1) is 0 Å². The van der Waals surface area contributed by atoms with E-state index in [1.165, 1.54) is 12.1 Å². The smallest absolute Gasteiger partial charge is 0.142 e. The molecule has 0 spiro atoms. The van der Waals surface area contributed by atoms with Crippen LogP contribution in [0.5, 0.6) is 0 Å². The first-order valence-electron chi connectivity index (χ1n) is 3.49. The van der Waals surface area contributed by atoms with Crippen LogP contribution >= 0.6 is 11.6 Å². The molecule has 0 aliphatic carbocycles. The Morgan fingerprint density at radius 1 is 1.50 bits per heavy atom. The molecule has 1 aromatic rings. The Labute approximate surface area is 75.2 Å². The highest BCUT2D eigenvalue weighted by Gasteiger charge is 2.07. The molecular weight excluding hydrogens is 182 g/mol. The van der Waals surface area contributed by atoms with E-state index < -0.39 is 12.5 Å². The SMILES string of the molecule is C[C](CF)c1ccc(Cl)c(F)c1. The minimum Gasteiger partial charge on any atom is -0.250 e. The average Bonchev–Trinajstić information content (AvgIpc) is 2.08. The molecule has 0 unspecified atom stereocenters. The van der Waals surface area contributed by atoms with Crippen molar-refractivity contribution in [2.75, 3.05) is 6.67 Å². The molecule has 0 aliphatic rings. The molecule has 1 radical (unpaired) electrons. The van der Waals surface area contributed by atoms with Gasteiger partial charge in [0.05, 0.1) is 11.7 Å². The van der Waals surface area contributed by atoms with E-state index in [9.17, 15) is 8.78 Å². The van der Waals surface area contributed by atoms with Crippen molar-refractivity contribution in [3.63, 3.8) is 0 Å². The van der Waals surface area contributed by atoms with E-state index in [4.69, 9.17) is 11.6 Å². The highest BCUT2D eigenvalue weighted by molar-refractivity contribution is 6.30. The fraction of sp³-hybridized carbons (Fsp3) is 0.222. The van der Waals surface area contributed by atoms with Crippen LogP contribution in [0.4, 0.5) is 8.78 Å². The van der Waals surface area contributed by atoms with Gasteiger partial charge in [-0.2, -0.15) is 0 Å². The predicted octanol–water partition coefficient (Wildman–Crippen LogP) is 3.39. The standard InChI is InChI=1S/C9H8ClF2/c1-6(5-11)7-2-3-8(10)9(12)4-7/h2-4H,5H2,1H3. The Bertz CT molecular complexity index is 273. The van der Waals surface area contributed by atoms with Gasteiger partial charge in [-0.05, 0) is 17.7 Å². The van der Waals surface area contributed by atoms with E-state index in [0.29, 0.717) is 11.5 Å². The fourth-order valence-electron chi connectivity index (χ4n) is 0.839. The Hall–Kier alpha value is -0.630. The molecule has 1 aromatic carbocycles. The number of halogens is 3. The highest BCUT2D eigenvalue weighted by atomic mass is 35.5. The van der Waals surface area contributed by atoms with Crippen molar-refractivity contribution in [2.24, 2.45) is 0 Å². The van der Waals surface area contributed by atoms with E-state index in [-0.39, 0.29) is 5.02 Å². The topological polar surface area (TPSA) is 0 Å². The molecule has 0 saturated heterocycles. The normalized spacial score (nSPS) is 10.8. The van der Waals surface area contributed by atoms with Gasteiger partial charge in [0.15, 0.2) is 0 Å². The van der Waals surface area contributed by atoms with Crippen molar-refractivity contribution in [1.82, 2.24) is 0 Å². The molecule has 0 bridgehead atoms. The largest absolute Gasteiger partial charge is 0.250 e. The molecule has 0 N–H and O–H groups in total. The van der Waals surface area contributed by atoms with Gasteiger partial charge < -0.3 is 0 Å². The monoisotopic (exact) mass is 189 g/mol. The third-order valence-corrected chi connectivity index (χ3v) is 1.92. The number of hydrogen-bond donors (Lipinski definition) is 0. The Morgan fingerprint density at radius 2 is 2.17 bits per heavy atom. The van der Waals surface area contributed by atoms with Crippen LogP contribution < -0.4 is 0 Å². The molecule has 0 nitrogen and oxygen atoms in total. The van der Waals surface area contributed by atoms with Crippen LogP contribution in [0.25, 0.3) is 0 Å². The summed E-state index contributed by atoms with van der Waals surface area (Å²) in [7, 11) is 0. The zero-order valence-corrected chi connectivity index (χ0v) is 7.33. The molecule has 3 heteroatoms. The van der Waals surface area contributed by atoms with Gasteiger partial charge in [-0.25, -0.2) is 4.39 Å². The second-order valence-electron chi connectivity index (χ2n) is 2.54. The summed E-state index contributed by atoms with van der Waals surface area (Å²) < 4.78 is 24.9. The molecule has 0 heterocycles. The maximum Gasteiger partial charge on any atom is 0.142 e. The van der Waals surface area contributed by atoms with Gasteiger partial charge in [-0.1, -0.05) is 24.6 Å². The highest BCUT2D eigenvalue weighted by Crippen LogP contribution is 2.20. The zero-order chi connectivity index (χ0) is 9.14. The molecule has 1 rings (SSSR count). The van der Waals surface area contributed by atoms with Crippen LogP contribution in [0, 0.1) is 11.7 Å². The lowest BCUT2D eigenvalue weighted by atomic mass is 10.0. The first kappa shape index (κ1) is 9.46. The summed E-state index contributed by atoms with van der Waals surface area (Å²) in [6.45, 7) is 1.05. The van der Waals surface area contributed by atoms with E-state index in [2.05, 4.69) is 0 Å². The Morgan fingerprint density at radius 3 is 2.67 bits per heavy atom. The molecule has 12 heavy (non-hydrogen) atoms. The van der Waals surface area contributed by atoms with E-state index >= 15 is 0 Å². The van der Waals surface area contributed by atoms with E-state index in [1.54, 1.807) is 13.0 Å².